The van der Waals surface area contributed by atoms with Crippen molar-refractivity contribution in [1.82, 2.24) is 4.90 Å². The maximum absolute atomic E-state index is 5.63. The second kappa shape index (κ2) is 5.08. The van der Waals surface area contributed by atoms with E-state index in [2.05, 4.69) is 18.7 Å². The first-order valence-electron chi connectivity index (χ1n) is 5.04. The molecule has 0 amide bonds. The standard InChI is InChI=1S/C10H20ClN/c1-9-7-10(2)12(8-9)6-4-3-5-11/h9-10H,3-8H2,1-2H3. The molecule has 72 valence electrons. The van der Waals surface area contributed by atoms with Crippen LogP contribution < -0.4 is 0 Å². The number of nitrogens with zero attached hydrogens (tertiary/aromatic N) is 1. The lowest BCUT2D eigenvalue weighted by molar-refractivity contribution is 0.261. The van der Waals surface area contributed by atoms with Gasteiger partial charge in [-0.05, 0) is 38.6 Å². The molecule has 0 saturated carbocycles. The summed E-state index contributed by atoms with van der Waals surface area (Å²) in [6.07, 6.45) is 3.81. The summed E-state index contributed by atoms with van der Waals surface area (Å²) in [6, 6.07) is 0.801. The van der Waals surface area contributed by atoms with Gasteiger partial charge in [-0.1, -0.05) is 6.92 Å². The van der Waals surface area contributed by atoms with Crippen molar-refractivity contribution in [2.45, 2.75) is 39.2 Å². The maximum Gasteiger partial charge on any atom is 0.0223 e. The highest BCUT2D eigenvalue weighted by molar-refractivity contribution is 6.17. The third-order valence-corrected chi connectivity index (χ3v) is 3.01. The van der Waals surface area contributed by atoms with E-state index in [0.717, 1.165) is 17.8 Å². The second-order valence-corrected chi connectivity index (χ2v) is 4.46. The minimum absolute atomic E-state index is 0.801. The van der Waals surface area contributed by atoms with Gasteiger partial charge in [0.2, 0.25) is 0 Å². The van der Waals surface area contributed by atoms with Crippen molar-refractivity contribution in [2.75, 3.05) is 19.0 Å². The van der Waals surface area contributed by atoms with Crippen LogP contribution in [0.1, 0.15) is 33.1 Å². The van der Waals surface area contributed by atoms with E-state index in [1.807, 2.05) is 0 Å². The molecule has 0 aromatic carbocycles. The lowest BCUT2D eigenvalue weighted by Crippen LogP contribution is -2.28. The Bertz CT molecular complexity index is 127. The molecule has 1 fully saturated rings. The number of unbranched alkanes of at least 4 members (excludes halogenated alkanes) is 1. The van der Waals surface area contributed by atoms with Gasteiger partial charge < -0.3 is 4.90 Å². The topological polar surface area (TPSA) is 3.24 Å². The van der Waals surface area contributed by atoms with Crippen molar-refractivity contribution in [1.29, 1.82) is 0 Å². The van der Waals surface area contributed by atoms with E-state index in [9.17, 15) is 0 Å². The van der Waals surface area contributed by atoms with Gasteiger partial charge in [-0.3, -0.25) is 0 Å². The summed E-state index contributed by atoms with van der Waals surface area (Å²) in [7, 11) is 0. The van der Waals surface area contributed by atoms with Crippen molar-refractivity contribution < 1.29 is 0 Å². The number of alkyl halides is 1. The van der Waals surface area contributed by atoms with Crippen molar-refractivity contribution in [3.63, 3.8) is 0 Å². The Morgan fingerprint density at radius 2 is 2.08 bits per heavy atom. The van der Waals surface area contributed by atoms with Gasteiger partial charge in [-0.2, -0.15) is 0 Å². The van der Waals surface area contributed by atoms with Gasteiger partial charge in [0, 0.05) is 18.5 Å². The van der Waals surface area contributed by atoms with Crippen molar-refractivity contribution >= 4 is 11.6 Å². The molecule has 1 saturated heterocycles. The highest BCUT2D eigenvalue weighted by atomic mass is 35.5. The van der Waals surface area contributed by atoms with Crippen molar-refractivity contribution in [3.05, 3.63) is 0 Å². The average molecular weight is 190 g/mol. The first-order chi connectivity index (χ1) is 5.74. The summed E-state index contributed by atoms with van der Waals surface area (Å²) < 4.78 is 0. The molecule has 0 radical (unpaired) electrons. The summed E-state index contributed by atoms with van der Waals surface area (Å²) in [5, 5.41) is 0. The molecule has 1 rings (SSSR count). The van der Waals surface area contributed by atoms with Crippen LogP contribution in [-0.4, -0.2) is 29.9 Å². The SMILES string of the molecule is CC1CC(C)N(CCCCCl)C1. The van der Waals surface area contributed by atoms with Crippen LogP contribution in [0, 0.1) is 5.92 Å². The van der Waals surface area contributed by atoms with E-state index in [0.29, 0.717) is 0 Å². The highest BCUT2D eigenvalue weighted by Gasteiger charge is 2.24. The number of likely N-dealkylation sites (tertiary alicyclic amines) is 1. The summed E-state index contributed by atoms with van der Waals surface area (Å²) in [5.41, 5.74) is 0. The molecule has 0 spiro atoms. The van der Waals surface area contributed by atoms with Crippen LogP contribution in [0.5, 0.6) is 0 Å². The summed E-state index contributed by atoms with van der Waals surface area (Å²) in [6.45, 7) is 7.23. The molecule has 0 bridgehead atoms. The Morgan fingerprint density at radius 3 is 2.58 bits per heavy atom. The summed E-state index contributed by atoms with van der Waals surface area (Å²) in [5.74, 6) is 1.72. The number of rotatable bonds is 4. The molecule has 1 aliphatic rings. The zero-order chi connectivity index (χ0) is 8.97. The molecule has 2 atom stereocenters. The molecule has 12 heavy (non-hydrogen) atoms. The van der Waals surface area contributed by atoms with Crippen LogP contribution in [0.2, 0.25) is 0 Å². The fraction of sp³-hybridized carbons (Fsp3) is 1.00. The molecule has 1 nitrogen and oxygen atoms in total. The second-order valence-electron chi connectivity index (χ2n) is 4.08. The van der Waals surface area contributed by atoms with Gasteiger partial charge in [0.1, 0.15) is 0 Å². The summed E-state index contributed by atoms with van der Waals surface area (Å²) >= 11 is 5.63. The van der Waals surface area contributed by atoms with Gasteiger partial charge in [-0.15, -0.1) is 11.6 Å². The van der Waals surface area contributed by atoms with E-state index in [4.69, 9.17) is 11.6 Å². The van der Waals surface area contributed by atoms with E-state index in [1.165, 1.54) is 32.4 Å². The Morgan fingerprint density at radius 1 is 1.33 bits per heavy atom. The molecule has 2 heteroatoms. The number of hydrogen-bond acceptors (Lipinski definition) is 1. The van der Waals surface area contributed by atoms with Crippen LogP contribution in [0.15, 0.2) is 0 Å². The normalized spacial score (nSPS) is 31.2. The molecule has 0 aromatic rings. The van der Waals surface area contributed by atoms with Gasteiger partial charge in [-0.25, -0.2) is 0 Å². The predicted molar refractivity (Wildman–Crippen MR) is 54.8 cm³/mol. The molecule has 1 aliphatic heterocycles. The van der Waals surface area contributed by atoms with Crippen LogP contribution in [0.4, 0.5) is 0 Å². The molecular formula is C10H20ClN. The van der Waals surface area contributed by atoms with Crippen molar-refractivity contribution in [3.8, 4) is 0 Å². The fourth-order valence-electron chi connectivity index (χ4n) is 2.11. The lowest BCUT2D eigenvalue weighted by Gasteiger charge is -2.20. The molecule has 0 aromatic heterocycles. The maximum atomic E-state index is 5.63. The van der Waals surface area contributed by atoms with Crippen LogP contribution in [0.25, 0.3) is 0 Å². The van der Waals surface area contributed by atoms with Crippen LogP contribution >= 0.6 is 11.6 Å². The minimum atomic E-state index is 0.801. The van der Waals surface area contributed by atoms with Crippen molar-refractivity contribution in [2.24, 2.45) is 5.92 Å². The van der Waals surface area contributed by atoms with E-state index >= 15 is 0 Å². The van der Waals surface area contributed by atoms with Gasteiger partial charge in [0.25, 0.3) is 0 Å². The summed E-state index contributed by atoms with van der Waals surface area (Å²) in [4.78, 5) is 2.59. The fourth-order valence-corrected chi connectivity index (χ4v) is 2.30. The predicted octanol–water partition coefficient (Wildman–Crippen LogP) is 2.74. The van der Waals surface area contributed by atoms with Gasteiger partial charge in [0.15, 0.2) is 0 Å². The molecule has 0 aliphatic carbocycles. The molecule has 2 unspecified atom stereocenters. The average Bonchev–Trinajstić information content (AvgIpc) is 2.31. The molecular weight excluding hydrogens is 170 g/mol. The third kappa shape index (κ3) is 2.95. The monoisotopic (exact) mass is 189 g/mol. The van der Waals surface area contributed by atoms with E-state index in [-0.39, 0.29) is 0 Å². The largest absolute Gasteiger partial charge is 0.300 e. The third-order valence-electron chi connectivity index (χ3n) is 2.74. The smallest absolute Gasteiger partial charge is 0.0223 e. The van der Waals surface area contributed by atoms with E-state index in [1.54, 1.807) is 0 Å². The van der Waals surface area contributed by atoms with Gasteiger partial charge >= 0.3 is 0 Å². The van der Waals surface area contributed by atoms with Crippen LogP contribution in [-0.2, 0) is 0 Å². The first kappa shape index (κ1) is 10.3. The van der Waals surface area contributed by atoms with E-state index < -0.39 is 0 Å². The Kier molecular flexibility index (Phi) is 4.38. The quantitative estimate of drug-likeness (QED) is 0.486. The number of halogens is 1. The zero-order valence-corrected chi connectivity index (χ0v) is 8.98. The number of hydrogen-bond donors (Lipinski definition) is 0. The Labute approximate surface area is 81.1 Å². The molecule has 0 N–H and O–H groups in total. The Hall–Kier alpha value is 0.250. The minimum Gasteiger partial charge on any atom is -0.300 e. The Balaban J connectivity index is 2.15. The van der Waals surface area contributed by atoms with Gasteiger partial charge in [0.05, 0.1) is 0 Å². The first-order valence-corrected chi connectivity index (χ1v) is 5.57. The zero-order valence-electron chi connectivity index (χ0n) is 8.22. The van der Waals surface area contributed by atoms with Crippen LogP contribution in [0.3, 0.4) is 0 Å². The lowest BCUT2D eigenvalue weighted by atomic mass is 10.1. The molecule has 1 heterocycles. The highest BCUT2D eigenvalue weighted by Crippen LogP contribution is 2.22.